The van der Waals surface area contributed by atoms with Gasteiger partial charge in [0.25, 0.3) is 5.91 Å². The summed E-state index contributed by atoms with van der Waals surface area (Å²) in [5, 5.41) is 4.09. The van der Waals surface area contributed by atoms with Crippen molar-refractivity contribution in [2.24, 2.45) is 0 Å². The number of hydrogen-bond acceptors (Lipinski definition) is 2. The van der Waals surface area contributed by atoms with Gasteiger partial charge in [0.1, 0.15) is 5.78 Å². The van der Waals surface area contributed by atoms with Gasteiger partial charge >= 0.3 is 0 Å². The van der Waals surface area contributed by atoms with Gasteiger partial charge in [-0.25, -0.2) is 0 Å². The van der Waals surface area contributed by atoms with Crippen LogP contribution < -0.4 is 5.32 Å². The molecule has 23 heavy (non-hydrogen) atoms. The molecule has 122 valence electrons. The molecule has 1 aliphatic rings. The Morgan fingerprint density at radius 1 is 1.22 bits per heavy atom. The van der Waals surface area contributed by atoms with Crippen LogP contribution in [0.1, 0.15) is 54.9 Å². The number of amides is 1. The second-order valence-corrected chi connectivity index (χ2v) is 6.42. The number of nitrogens with zero attached hydrogens (tertiary/aromatic N) is 1. The van der Waals surface area contributed by atoms with E-state index in [-0.39, 0.29) is 11.7 Å². The Morgan fingerprint density at radius 2 is 2.09 bits per heavy atom. The molecule has 1 aromatic carbocycles. The molecule has 0 saturated heterocycles. The fraction of sp³-hybridized carbons (Fsp3) is 0.474. The standard InChI is InChI=1S/C19H24N2O2/c1-14(22)7-3-2-4-11-20-19(23)17-13-21-12-6-9-15-8-5-10-16(17)18(15)21/h5,8,10,13H,2-4,6-7,9,11-12H2,1H3,(H,20,23). The van der Waals surface area contributed by atoms with Gasteiger partial charge in [0.2, 0.25) is 0 Å². The summed E-state index contributed by atoms with van der Waals surface area (Å²) in [5.74, 6) is 0.252. The minimum absolute atomic E-state index is 0.0133. The number of ketones is 1. The Labute approximate surface area is 136 Å². The van der Waals surface area contributed by atoms with Crippen molar-refractivity contribution < 1.29 is 9.59 Å². The number of Topliss-reactive ketones (excluding diaryl/α,β-unsaturated/α-hetero) is 1. The monoisotopic (exact) mass is 312 g/mol. The molecule has 0 saturated carbocycles. The quantitative estimate of drug-likeness (QED) is 0.796. The Balaban J connectivity index is 1.61. The molecule has 3 rings (SSSR count). The van der Waals surface area contributed by atoms with Crippen LogP contribution in [-0.4, -0.2) is 22.8 Å². The zero-order chi connectivity index (χ0) is 16.2. The van der Waals surface area contributed by atoms with E-state index in [1.54, 1.807) is 6.92 Å². The van der Waals surface area contributed by atoms with Crippen LogP contribution in [0.4, 0.5) is 0 Å². The molecule has 0 aliphatic carbocycles. The highest BCUT2D eigenvalue weighted by Gasteiger charge is 2.19. The first kappa shape index (κ1) is 15.8. The molecule has 0 radical (unpaired) electrons. The summed E-state index contributed by atoms with van der Waals surface area (Å²) >= 11 is 0. The van der Waals surface area contributed by atoms with Gasteiger partial charge in [-0.2, -0.15) is 0 Å². The first-order valence-electron chi connectivity index (χ1n) is 8.55. The van der Waals surface area contributed by atoms with E-state index in [0.717, 1.165) is 49.6 Å². The lowest BCUT2D eigenvalue weighted by Gasteiger charge is -2.14. The maximum absolute atomic E-state index is 12.5. The average Bonchev–Trinajstić information content (AvgIpc) is 2.92. The Morgan fingerprint density at radius 3 is 2.91 bits per heavy atom. The number of carbonyl (C=O) groups is 2. The molecule has 1 amide bonds. The van der Waals surface area contributed by atoms with Gasteiger partial charge in [0.15, 0.2) is 0 Å². The summed E-state index contributed by atoms with van der Waals surface area (Å²) in [6.07, 6.45) is 7.68. The van der Waals surface area contributed by atoms with E-state index in [1.807, 2.05) is 18.3 Å². The van der Waals surface area contributed by atoms with Crippen LogP contribution in [-0.2, 0) is 17.8 Å². The zero-order valence-corrected chi connectivity index (χ0v) is 13.7. The van der Waals surface area contributed by atoms with Crippen LogP contribution in [0.15, 0.2) is 24.4 Å². The number of benzene rings is 1. The van der Waals surface area contributed by atoms with E-state index in [2.05, 4.69) is 16.0 Å². The van der Waals surface area contributed by atoms with E-state index in [0.29, 0.717) is 13.0 Å². The highest BCUT2D eigenvalue weighted by molar-refractivity contribution is 6.07. The van der Waals surface area contributed by atoms with Crippen molar-refractivity contribution in [3.8, 4) is 0 Å². The van der Waals surface area contributed by atoms with E-state index >= 15 is 0 Å². The summed E-state index contributed by atoms with van der Waals surface area (Å²) in [7, 11) is 0. The highest BCUT2D eigenvalue weighted by Crippen LogP contribution is 2.29. The lowest BCUT2D eigenvalue weighted by molar-refractivity contribution is -0.117. The van der Waals surface area contributed by atoms with E-state index < -0.39 is 0 Å². The van der Waals surface area contributed by atoms with Gasteiger partial charge in [0, 0.05) is 31.1 Å². The average molecular weight is 312 g/mol. The number of carbonyl (C=O) groups excluding carboxylic acids is 2. The molecular formula is C19H24N2O2. The van der Waals surface area contributed by atoms with Crippen LogP contribution in [0.3, 0.4) is 0 Å². The van der Waals surface area contributed by atoms with E-state index in [1.165, 1.54) is 11.1 Å². The number of para-hydroxylation sites is 1. The lowest BCUT2D eigenvalue weighted by atomic mass is 10.0. The molecule has 0 atom stereocenters. The molecule has 1 aliphatic heterocycles. The third kappa shape index (κ3) is 3.46. The largest absolute Gasteiger partial charge is 0.352 e. The molecule has 1 aromatic heterocycles. The SMILES string of the molecule is CC(=O)CCCCCNC(=O)c1cn2c3c(cccc13)CCC2. The predicted molar refractivity (Wildman–Crippen MR) is 91.7 cm³/mol. The van der Waals surface area contributed by atoms with Crippen molar-refractivity contribution in [2.75, 3.05) is 6.54 Å². The minimum atomic E-state index is 0.0133. The molecule has 4 nitrogen and oxygen atoms in total. The van der Waals surface area contributed by atoms with E-state index in [9.17, 15) is 9.59 Å². The van der Waals surface area contributed by atoms with Crippen LogP contribution in [0.5, 0.6) is 0 Å². The number of hydrogen-bond donors (Lipinski definition) is 1. The number of nitrogens with one attached hydrogen (secondary N) is 1. The maximum Gasteiger partial charge on any atom is 0.253 e. The Hall–Kier alpha value is -2.10. The minimum Gasteiger partial charge on any atom is -0.352 e. The Kier molecular flexibility index (Phi) is 4.79. The first-order valence-corrected chi connectivity index (χ1v) is 8.55. The van der Waals surface area contributed by atoms with Crippen molar-refractivity contribution in [3.63, 3.8) is 0 Å². The summed E-state index contributed by atoms with van der Waals surface area (Å²) < 4.78 is 2.22. The third-order valence-electron chi connectivity index (χ3n) is 4.56. The summed E-state index contributed by atoms with van der Waals surface area (Å²) in [6.45, 7) is 3.29. The molecule has 4 heteroatoms. The molecule has 1 N–H and O–H groups in total. The van der Waals surface area contributed by atoms with Crippen molar-refractivity contribution in [1.29, 1.82) is 0 Å². The summed E-state index contributed by atoms with van der Waals surface area (Å²) in [6, 6.07) is 6.25. The summed E-state index contributed by atoms with van der Waals surface area (Å²) in [4.78, 5) is 23.4. The zero-order valence-electron chi connectivity index (χ0n) is 13.7. The lowest BCUT2D eigenvalue weighted by Crippen LogP contribution is -2.24. The van der Waals surface area contributed by atoms with Crippen LogP contribution in [0.2, 0.25) is 0 Å². The van der Waals surface area contributed by atoms with Crippen molar-refractivity contribution >= 4 is 22.6 Å². The number of rotatable bonds is 7. The van der Waals surface area contributed by atoms with Gasteiger partial charge in [-0.05, 0) is 38.2 Å². The smallest absolute Gasteiger partial charge is 0.253 e. The van der Waals surface area contributed by atoms with Gasteiger partial charge in [-0.1, -0.05) is 24.6 Å². The Bertz CT molecular complexity index is 730. The second-order valence-electron chi connectivity index (χ2n) is 6.42. The van der Waals surface area contributed by atoms with Crippen molar-refractivity contribution in [3.05, 3.63) is 35.5 Å². The molecule has 0 fully saturated rings. The molecule has 2 heterocycles. The van der Waals surface area contributed by atoms with Gasteiger partial charge in [0.05, 0.1) is 11.1 Å². The predicted octanol–water partition coefficient (Wildman–Crippen LogP) is 3.47. The number of aryl methyl sites for hydroxylation is 2. The number of unbranched alkanes of at least 4 members (excludes halogenated alkanes) is 2. The fourth-order valence-electron chi connectivity index (χ4n) is 3.41. The summed E-state index contributed by atoms with van der Waals surface area (Å²) in [5.41, 5.74) is 3.36. The van der Waals surface area contributed by atoms with Crippen LogP contribution in [0, 0.1) is 0 Å². The number of aromatic nitrogens is 1. The first-order chi connectivity index (χ1) is 11.2. The maximum atomic E-state index is 12.5. The second kappa shape index (κ2) is 6.99. The van der Waals surface area contributed by atoms with E-state index in [4.69, 9.17) is 0 Å². The van der Waals surface area contributed by atoms with Gasteiger partial charge in [-0.15, -0.1) is 0 Å². The third-order valence-corrected chi connectivity index (χ3v) is 4.56. The molecular weight excluding hydrogens is 288 g/mol. The highest BCUT2D eigenvalue weighted by atomic mass is 16.1. The molecule has 0 bridgehead atoms. The topological polar surface area (TPSA) is 51.1 Å². The fourth-order valence-corrected chi connectivity index (χ4v) is 3.41. The van der Waals surface area contributed by atoms with Crippen LogP contribution >= 0.6 is 0 Å². The van der Waals surface area contributed by atoms with Crippen molar-refractivity contribution in [1.82, 2.24) is 9.88 Å². The van der Waals surface area contributed by atoms with Gasteiger partial charge in [-0.3, -0.25) is 4.79 Å². The molecule has 0 unspecified atom stereocenters. The van der Waals surface area contributed by atoms with Crippen molar-refractivity contribution in [2.45, 2.75) is 52.0 Å². The normalized spacial score (nSPS) is 13.3. The van der Waals surface area contributed by atoms with Crippen LogP contribution in [0.25, 0.3) is 10.9 Å². The molecule has 0 spiro atoms. The van der Waals surface area contributed by atoms with Gasteiger partial charge < -0.3 is 14.7 Å². The molecule has 2 aromatic rings.